The molecule has 0 saturated heterocycles. The summed E-state index contributed by atoms with van der Waals surface area (Å²) >= 11 is 0. The lowest BCUT2D eigenvalue weighted by Gasteiger charge is -2.08. The maximum absolute atomic E-state index is 11.7. The van der Waals surface area contributed by atoms with Gasteiger partial charge < -0.3 is 10.1 Å². The van der Waals surface area contributed by atoms with Gasteiger partial charge in [0.25, 0.3) is 0 Å². The van der Waals surface area contributed by atoms with E-state index in [1.807, 2.05) is 6.92 Å². The molecule has 0 heterocycles. The van der Waals surface area contributed by atoms with Crippen LogP contribution in [0.25, 0.3) is 0 Å². The molecule has 0 bridgehead atoms. The molecule has 0 aliphatic heterocycles. The highest BCUT2D eigenvalue weighted by Crippen LogP contribution is 2.37. The molecule has 2 atom stereocenters. The summed E-state index contributed by atoms with van der Waals surface area (Å²) < 4.78 is 39.4. The predicted molar refractivity (Wildman–Crippen MR) is 51.8 cm³/mol. The largest absolute Gasteiger partial charge is 0.411 e. The highest BCUT2D eigenvalue weighted by Gasteiger charge is 2.38. The number of rotatable bonds is 6. The van der Waals surface area contributed by atoms with Crippen LogP contribution >= 0.6 is 0 Å². The molecule has 16 heavy (non-hydrogen) atoms. The van der Waals surface area contributed by atoms with Crippen LogP contribution in [0.4, 0.5) is 13.2 Å². The molecule has 6 heteroatoms. The first-order valence-electron chi connectivity index (χ1n) is 5.32. The monoisotopic (exact) mass is 239 g/mol. The molecule has 0 aromatic heterocycles. The Hall–Kier alpha value is -0.780. The van der Waals surface area contributed by atoms with Crippen molar-refractivity contribution in [3.8, 4) is 0 Å². The fourth-order valence-electron chi connectivity index (χ4n) is 1.39. The second-order valence-corrected chi connectivity index (χ2v) is 4.13. The first-order chi connectivity index (χ1) is 7.40. The topological polar surface area (TPSA) is 38.3 Å². The van der Waals surface area contributed by atoms with Gasteiger partial charge in [0, 0.05) is 19.1 Å². The summed E-state index contributed by atoms with van der Waals surface area (Å²) in [6.45, 7) is 1.16. The molecule has 0 radical (unpaired) electrons. The number of alkyl halides is 3. The van der Waals surface area contributed by atoms with E-state index in [-0.39, 0.29) is 18.4 Å². The Morgan fingerprint density at radius 2 is 2.12 bits per heavy atom. The summed E-state index contributed by atoms with van der Waals surface area (Å²) in [5.74, 6) is 0.556. The van der Waals surface area contributed by atoms with E-state index in [4.69, 9.17) is 0 Å². The van der Waals surface area contributed by atoms with E-state index in [9.17, 15) is 18.0 Å². The molecular weight excluding hydrogens is 223 g/mol. The van der Waals surface area contributed by atoms with Gasteiger partial charge in [-0.3, -0.25) is 4.79 Å². The molecule has 0 spiro atoms. The van der Waals surface area contributed by atoms with Crippen LogP contribution in [0, 0.1) is 11.8 Å². The molecule has 2 unspecified atom stereocenters. The van der Waals surface area contributed by atoms with Crippen molar-refractivity contribution < 1.29 is 22.7 Å². The molecule has 1 aliphatic carbocycles. The quantitative estimate of drug-likeness (QED) is 0.717. The van der Waals surface area contributed by atoms with Gasteiger partial charge in [-0.05, 0) is 18.8 Å². The summed E-state index contributed by atoms with van der Waals surface area (Å²) in [7, 11) is 0. The Morgan fingerprint density at radius 3 is 2.62 bits per heavy atom. The van der Waals surface area contributed by atoms with Gasteiger partial charge in [-0.25, -0.2) is 0 Å². The standard InChI is InChI=1S/C10H16F3NO2/c1-7-5-8(7)9(15)14-3-2-4-16-6-10(11,12)13/h7-8H,2-6H2,1H3,(H,14,15). The zero-order valence-corrected chi connectivity index (χ0v) is 9.14. The molecule has 3 nitrogen and oxygen atoms in total. The Balaban J connectivity index is 1.90. The average Bonchev–Trinajstić information content (AvgIpc) is 2.87. The number of nitrogens with one attached hydrogen (secondary N) is 1. The summed E-state index contributed by atoms with van der Waals surface area (Å²) in [6, 6.07) is 0. The van der Waals surface area contributed by atoms with Gasteiger partial charge in [0.1, 0.15) is 6.61 Å². The highest BCUT2D eigenvalue weighted by atomic mass is 19.4. The third kappa shape index (κ3) is 5.34. The summed E-state index contributed by atoms with van der Waals surface area (Å²) in [5, 5.41) is 2.67. The number of carbonyl (C=O) groups excluding carboxylic acids is 1. The molecule has 0 aromatic carbocycles. The van der Waals surface area contributed by atoms with Crippen molar-refractivity contribution in [1.29, 1.82) is 0 Å². The van der Waals surface area contributed by atoms with Gasteiger partial charge in [0.15, 0.2) is 0 Å². The van der Waals surface area contributed by atoms with E-state index < -0.39 is 12.8 Å². The van der Waals surface area contributed by atoms with E-state index in [2.05, 4.69) is 10.1 Å². The van der Waals surface area contributed by atoms with Gasteiger partial charge in [-0.15, -0.1) is 0 Å². The smallest absolute Gasteiger partial charge is 0.372 e. The van der Waals surface area contributed by atoms with Crippen molar-refractivity contribution in [2.24, 2.45) is 11.8 Å². The van der Waals surface area contributed by atoms with Gasteiger partial charge in [0.05, 0.1) is 0 Å². The Kier molecular flexibility index (Phi) is 4.58. The van der Waals surface area contributed by atoms with Crippen LogP contribution in [-0.4, -0.2) is 31.8 Å². The predicted octanol–water partition coefficient (Wildman–Crippen LogP) is 1.73. The highest BCUT2D eigenvalue weighted by molar-refractivity contribution is 5.81. The Bertz CT molecular complexity index is 243. The van der Waals surface area contributed by atoms with Crippen molar-refractivity contribution >= 4 is 5.91 Å². The van der Waals surface area contributed by atoms with Crippen LogP contribution in [0.5, 0.6) is 0 Å². The fraction of sp³-hybridized carbons (Fsp3) is 0.900. The van der Waals surface area contributed by atoms with Crippen LogP contribution < -0.4 is 5.32 Å². The SMILES string of the molecule is CC1CC1C(=O)NCCCOCC(F)(F)F. The maximum Gasteiger partial charge on any atom is 0.411 e. The fourth-order valence-corrected chi connectivity index (χ4v) is 1.39. The lowest BCUT2D eigenvalue weighted by Crippen LogP contribution is -2.27. The zero-order chi connectivity index (χ0) is 12.2. The van der Waals surface area contributed by atoms with Crippen molar-refractivity contribution in [3.63, 3.8) is 0 Å². The van der Waals surface area contributed by atoms with Gasteiger partial charge in [0.2, 0.25) is 5.91 Å². The van der Waals surface area contributed by atoms with Crippen LogP contribution in [0.3, 0.4) is 0 Å². The second-order valence-electron chi connectivity index (χ2n) is 4.13. The number of amides is 1. The van der Waals surface area contributed by atoms with E-state index in [0.717, 1.165) is 6.42 Å². The van der Waals surface area contributed by atoms with Gasteiger partial charge in [-0.1, -0.05) is 6.92 Å². The van der Waals surface area contributed by atoms with Crippen LogP contribution in [0.2, 0.25) is 0 Å². The minimum atomic E-state index is -4.27. The summed E-state index contributed by atoms with van der Waals surface area (Å²) in [4.78, 5) is 11.3. The van der Waals surface area contributed by atoms with Gasteiger partial charge >= 0.3 is 6.18 Å². The molecule has 1 saturated carbocycles. The van der Waals surface area contributed by atoms with Crippen molar-refractivity contribution in [3.05, 3.63) is 0 Å². The molecule has 1 aliphatic rings. The van der Waals surface area contributed by atoms with Gasteiger partial charge in [-0.2, -0.15) is 13.2 Å². The molecule has 1 N–H and O–H groups in total. The molecule has 1 amide bonds. The molecule has 1 fully saturated rings. The Labute approximate surface area is 92.3 Å². The number of halogens is 3. The normalized spacial score (nSPS) is 24.2. The van der Waals surface area contributed by atoms with Crippen LogP contribution in [0.1, 0.15) is 19.8 Å². The second kappa shape index (κ2) is 5.52. The van der Waals surface area contributed by atoms with Crippen molar-refractivity contribution in [2.45, 2.75) is 25.9 Å². The van der Waals surface area contributed by atoms with E-state index in [1.165, 1.54) is 0 Å². The third-order valence-electron chi connectivity index (χ3n) is 2.48. The molecule has 1 rings (SSSR count). The van der Waals surface area contributed by atoms with Crippen molar-refractivity contribution in [2.75, 3.05) is 19.8 Å². The third-order valence-corrected chi connectivity index (χ3v) is 2.48. The van der Waals surface area contributed by atoms with Crippen molar-refractivity contribution in [1.82, 2.24) is 5.32 Å². The number of ether oxygens (including phenoxy) is 1. The molecule has 94 valence electrons. The minimum Gasteiger partial charge on any atom is -0.372 e. The van der Waals surface area contributed by atoms with Crippen LogP contribution in [-0.2, 0) is 9.53 Å². The van der Waals surface area contributed by atoms with E-state index >= 15 is 0 Å². The van der Waals surface area contributed by atoms with E-state index in [0.29, 0.717) is 18.9 Å². The summed E-state index contributed by atoms with van der Waals surface area (Å²) in [5.41, 5.74) is 0. The zero-order valence-electron chi connectivity index (χ0n) is 9.14. The van der Waals surface area contributed by atoms with Crippen LogP contribution in [0.15, 0.2) is 0 Å². The number of hydrogen-bond acceptors (Lipinski definition) is 2. The molecule has 0 aromatic rings. The number of hydrogen-bond donors (Lipinski definition) is 1. The summed E-state index contributed by atoms with van der Waals surface area (Å²) in [6.07, 6.45) is -2.95. The average molecular weight is 239 g/mol. The first kappa shape index (κ1) is 13.3. The number of carbonyl (C=O) groups is 1. The first-order valence-corrected chi connectivity index (χ1v) is 5.32. The minimum absolute atomic E-state index is 0.00308. The maximum atomic E-state index is 11.7. The van der Waals surface area contributed by atoms with E-state index in [1.54, 1.807) is 0 Å². The lowest BCUT2D eigenvalue weighted by molar-refractivity contribution is -0.174. The lowest BCUT2D eigenvalue weighted by atomic mass is 10.3. The molecular formula is C10H16F3NO2. The Morgan fingerprint density at radius 1 is 1.50 bits per heavy atom.